The zero-order valence-corrected chi connectivity index (χ0v) is 17.1. The monoisotopic (exact) mass is 467 g/mol. The van der Waals surface area contributed by atoms with Crippen LogP contribution in [-0.2, 0) is 4.79 Å². The van der Waals surface area contributed by atoms with E-state index in [0.717, 1.165) is 4.47 Å². The summed E-state index contributed by atoms with van der Waals surface area (Å²) in [4.78, 5) is 24.5. The topological polar surface area (TPSA) is 136 Å². The summed E-state index contributed by atoms with van der Waals surface area (Å²) >= 11 is 3.30. The third-order valence-corrected chi connectivity index (χ3v) is 4.63. The summed E-state index contributed by atoms with van der Waals surface area (Å²) in [7, 11) is 0. The van der Waals surface area contributed by atoms with Crippen LogP contribution in [-0.4, -0.2) is 21.8 Å². The molecule has 0 atom stereocenters. The molecular weight excluding hydrogens is 454 g/mol. The van der Waals surface area contributed by atoms with Crippen molar-refractivity contribution in [3.05, 3.63) is 74.1 Å². The van der Waals surface area contributed by atoms with Crippen LogP contribution >= 0.6 is 15.9 Å². The molecule has 0 aliphatic rings. The highest BCUT2D eigenvalue weighted by Gasteiger charge is 2.18. The molecule has 0 fully saturated rings. The highest BCUT2D eigenvalue weighted by atomic mass is 79.9. The van der Waals surface area contributed by atoms with Crippen molar-refractivity contribution >= 4 is 44.6 Å². The van der Waals surface area contributed by atoms with Gasteiger partial charge in [0, 0.05) is 10.5 Å². The Hall–Kier alpha value is -3.90. The van der Waals surface area contributed by atoms with Crippen LogP contribution in [0.25, 0.3) is 17.0 Å². The summed E-state index contributed by atoms with van der Waals surface area (Å²) in [6.07, 6.45) is 1.39. The summed E-state index contributed by atoms with van der Waals surface area (Å²) in [5.74, 6) is -1.31. The third-order valence-electron chi connectivity index (χ3n) is 4.10. The zero-order valence-electron chi connectivity index (χ0n) is 15.5. The first-order valence-electron chi connectivity index (χ1n) is 8.51. The number of hydrogen-bond donors (Lipinski definition) is 3. The summed E-state index contributed by atoms with van der Waals surface area (Å²) in [6, 6.07) is 12.7. The highest BCUT2D eigenvalue weighted by Crippen LogP contribution is 2.29. The Kier molecular flexibility index (Phi) is 5.99. The Balaban J connectivity index is 1.89. The molecule has 150 valence electrons. The lowest BCUT2D eigenvalue weighted by Gasteiger charge is -2.07. The van der Waals surface area contributed by atoms with Gasteiger partial charge in [-0.15, -0.1) is 0 Å². The number of nitrogens with zero attached hydrogens (tertiary/aromatic N) is 2. The number of phenolic OH excluding ortho intramolecular Hbond substituents is 1. The number of carbonyl (C=O) groups excluding carboxylic acids is 1. The van der Waals surface area contributed by atoms with Crippen molar-refractivity contribution < 1.29 is 19.4 Å². The summed E-state index contributed by atoms with van der Waals surface area (Å²) < 4.78 is 5.96. The minimum Gasteiger partial charge on any atom is -0.508 e. The molecule has 0 aliphatic carbocycles. The predicted molar refractivity (Wildman–Crippen MR) is 114 cm³/mol. The number of fused-ring (bicyclic) bond motifs is 1. The van der Waals surface area contributed by atoms with E-state index >= 15 is 0 Å². The first-order valence-corrected chi connectivity index (χ1v) is 9.30. The number of aromatic hydroxyl groups is 2. The highest BCUT2D eigenvalue weighted by molar-refractivity contribution is 9.10. The molecule has 3 rings (SSSR count). The van der Waals surface area contributed by atoms with E-state index in [1.165, 1.54) is 31.2 Å². The van der Waals surface area contributed by atoms with E-state index in [1.807, 2.05) is 0 Å². The number of hydrazone groups is 1. The largest absolute Gasteiger partial charge is 0.508 e. The Morgan fingerprint density at radius 3 is 2.60 bits per heavy atom. The van der Waals surface area contributed by atoms with Gasteiger partial charge >= 0.3 is 5.63 Å². The van der Waals surface area contributed by atoms with Crippen LogP contribution in [0.1, 0.15) is 18.1 Å². The number of benzene rings is 2. The molecule has 9 heteroatoms. The number of phenols is 1. The van der Waals surface area contributed by atoms with Crippen LogP contribution in [0.5, 0.6) is 11.5 Å². The smallest absolute Gasteiger partial charge is 0.349 e. The molecule has 2 aromatic carbocycles. The van der Waals surface area contributed by atoms with Gasteiger partial charge in [-0.05, 0) is 42.8 Å². The van der Waals surface area contributed by atoms with Gasteiger partial charge in [0.25, 0.3) is 5.91 Å². The lowest BCUT2D eigenvalue weighted by Crippen LogP contribution is -2.22. The molecule has 1 amide bonds. The second kappa shape index (κ2) is 8.63. The van der Waals surface area contributed by atoms with Crippen LogP contribution in [0.3, 0.4) is 0 Å². The minimum atomic E-state index is -0.896. The Bertz CT molecular complexity index is 1300. The quantitative estimate of drug-likeness (QED) is 0.177. The number of nitriles is 1. The molecule has 0 aliphatic heterocycles. The van der Waals surface area contributed by atoms with Crippen molar-refractivity contribution in [1.29, 1.82) is 5.26 Å². The summed E-state index contributed by atoms with van der Waals surface area (Å²) in [6.45, 7) is 1.39. The number of rotatable bonds is 4. The molecule has 1 heterocycles. The number of halogens is 1. The van der Waals surface area contributed by atoms with Crippen molar-refractivity contribution in [2.24, 2.45) is 5.10 Å². The molecule has 3 aromatic rings. The van der Waals surface area contributed by atoms with Gasteiger partial charge in [0.15, 0.2) is 0 Å². The van der Waals surface area contributed by atoms with E-state index in [-0.39, 0.29) is 33.6 Å². The molecular formula is C21H14BrN3O5. The van der Waals surface area contributed by atoms with E-state index in [4.69, 9.17) is 4.42 Å². The van der Waals surface area contributed by atoms with Gasteiger partial charge < -0.3 is 14.6 Å². The van der Waals surface area contributed by atoms with Gasteiger partial charge in [-0.2, -0.15) is 10.4 Å². The van der Waals surface area contributed by atoms with E-state index in [0.29, 0.717) is 5.56 Å². The molecule has 1 aromatic heterocycles. The van der Waals surface area contributed by atoms with Crippen molar-refractivity contribution in [3.63, 3.8) is 0 Å². The van der Waals surface area contributed by atoms with Gasteiger partial charge in [-0.25, -0.2) is 10.2 Å². The fourth-order valence-corrected chi connectivity index (χ4v) is 2.88. The molecule has 30 heavy (non-hydrogen) atoms. The second-order valence-corrected chi connectivity index (χ2v) is 7.07. The Morgan fingerprint density at radius 2 is 1.93 bits per heavy atom. The van der Waals surface area contributed by atoms with Gasteiger partial charge in [0.1, 0.15) is 34.3 Å². The van der Waals surface area contributed by atoms with Crippen molar-refractivity contribution in [2.75, 3.05) is 0 Å². The van der Waals surface area contributed by atoms with E-state index in [9.17, 15) is 25.1 Å². The third kappa shape index (κ3) is 4.39. The van der Waals surface area contributed by atoms with Gasteiger partial charge in [-0.1, -0.05) is 28.1 Å². The number of carbonyl (C=O) groups is 1. The minimum absolute atomic E-state index is 0.00211. The average Bonchev–Trinajstić information content (AvgIpc) is 2.71. The molecule has 8 nitrogen and oxygen atoms in total. The zero-order chi connectivity index (χ0) is 21.8. The maximum atomic E-state index is 12.3. The first-order chi connectivity index (χ1) is 14.3. The van der Waals surface area contributed by atoms with Crippen molar-refractivity contribution in [3.8, 4) is 17.6 Å². The molecule has 3 N–H and O–H groups in total. The molecule has 0 radical (unpaired) electrons. The van der Waals surface area contributed by atoms with Crippen LogP contribution in [0, 0.1) is 11.3 Å². The SMILES string of the molecule is C/C(=N\NC(=O)/C(C#N)=C/c1ccc(Br)cc1)c1c(O)c2ccc(O)cc2oc1=O. The Morgan fingerprint density at radius 1 is 1.23 bits per heavy atom. The fourth-order valence-electron chi connectivity index (χ4n) is 2.62. The maximum absolute atomic E-state index is 12.3. The van der Waals surface area contributed by atoms with E-state index in [2.05, 4.69) is 26.5 Å². The van der Waals surface area contributed by atoms with Crippen LogP contribution in [0.2, 0.25) is 0 Å². The van der Waals surface area contributed by atoms with Gasteiger partial charge in [0.05, 0.1) is 11.1 Å². The lowest BCUT2D eigenvalue weighted by molar-refractivity contribution is -0.117. The van der Waals surface area contributed by atoms with E-state index in [1.54, 1.807) is 30.3 Å². The van der Waals surface area contributed by atoms with Crippen LogP contribution < -0.4 is 11.1 Å². The van der Waals surface area contributed by atoms with Crippen LogP contribution in [0.4, 0.5) is 0 Å². The van der Waals surface area contributed by atoms with Gasteiger partial charge in [0.2, 0.25) is 0 Å². The number of hydrogen-bond acceptors (Lipinski definition) is 7. The standard InChI is InChI=1S/C21H14BrN3O5/c1-11(18-19(27)16-7-6-15(26)9-17(16)30-21(18)29)24-25-20(28)13(10-23)8-12-2-4-14(22)5-3-12/h2-9,26-27H,1H3,(H,25,28)/b13-8+,24-11+. The molecule has 0 saturated heterocycles. The lowest BCUT2D eigenvalue weighted by atomic mass is 10.1. The molecule has 0 saturated carbocycles. The fraction of sp³-hybridized carbons (Fsp3) is 0.0476. The van der Waals surface area contributed by atoms with Crippen LogP contribution in [0.15, 0.2) is 66.8 Å². The number of nitrogens with one attached hydrogen (secondary N) is 1. The molecule has 0 unspecified atom stereocenters. The van der Waals surface area contributed by atoms with Crippen molar-refractivity contribution in [2.45, 2.75) is 6.92 Å². The average molecular weight is 468 g/mol. The predicted octanol–water partition coefficient (Wildman–Crippen LogP) is 3.41. The molecule has 0 bridgehead atoms. The number of amides is 1. The van der Waals surface area contributed by atoms with Gasteiger partial charge in [-0.3, -0.25) is 4.79 Å². The normalized spacial score (nSPS) is 11.9. The summed E-state index contributed by atoms with van der Waals surface area (Å²) in [5, 5.41) is 33.2. The Labute approximate surface area is 178 Å². The maximum Gasteiger partial charge on any atom is 0.349 e. The molecule has 0 spiro atoms. The first kappa shape index (κ1) is 20.8. The summed E-state index contributed by atoms with van der Waals surface area (Å²) in [5.41, 5.74) is 1.47. The second-order valence-electron chi connectivity index (χ2n) is 6.15. The van der Waals surface area contributed by atoms with E-state index < -0.39 is 17.3 Å². The van der Waals surface area contributed by atoms with Crippen molar-refractivity contribution in [1.82, 2.24) is 5.43 Å².